The summed E-state index contributed by atoms with van der Waals surface area (Å²) in [5.74, 6) is -0.592. The summed E-state index contributed by atoms with van der Waals surface area (Å²) in [7, 11) is 0. The van der Waals surface area contributed by atoms with Crippen molar-refractivity contribution < 1.29 is 19.4 Å². The van der Waals surface area contributed by atoms with Gasteiger partial charge in [-0.25, -0.2) is 0 Å². The number of rotatable bonds is 17. The lowest BCUT2D eigenvalue weighted by Crippen LogP contribution is -2.20. The first-order valence-corrected chi connectivity index (χ1v) is 10.4. The van der Waals surface area contributed by atoms with Gasteiger partial charge in [0.1, 0.15) is 6.61 Å². The van der Waals surface area contributed by atoms with E-state index >= 15 is 0 Å². The third kappa shape index (κ3) is 20.5. The van der Waals surface area contributed by atoms with Crippen molar-refractivity contribution in [2.45, 2.75) is 90.6 Å². The minimum absolute atomic E-state index is 0.0123. The van der Waals surface area contributed by atoms with Gasteiger partial charge < -0.3 is 9.84 Å². The van der Waals surface area contributed by atoms with Crippen LogP contribution in [0.1, 0.15) is 84.5 Å². The van der Waals surface area contributed by atoms with Crippen LogP contribution < -0.4 is 0 Å². The van der Waals surface area contributed by atoms with Crippen LogP contribution >= 0.6 is 0 Å². The van der Waals surface area contributed by atoms with Gasteiger partial charge in [-0.1, -0.05) is 56.6 Å². The molecule has 0 saturated heterocycles. The third-order valence-electron chi connectivity index (χ3n) is 4.04. The van der Waals surface area contributed by atoms with Crippen molar-refractivity contribution in [2.75, 3.05) is 6.61 Å². The highest BCUT2D eigenvalue weighted by Crippen LogP contribution is 2.06. The number of hydrogen-bond acceptors (Lipinski definition) is 4. The van der Waals surface area contributed by atoms with Crippen molar-refractivity contribution in [2.24, 2.45) is 0 Å². The summed E-state index contributed by atoms with van der Waals surface area (Å²) in [6.45, 7) is 3.37. The molecule has 0 radical (unpaired) electrons. The second-order valence-corrected chi connectivity index (χ2v) is 6.84. The monoisotopic (exact) mass is 378 g/mol. The molecule has 0 aromatic carbocycles. The normalized spacial score (nSPS) is 13.0. The van der Waals surface area contributed by atoms with E-state index in [1.54, 1.807) is 0 Å². The minimum atomic E-state index is -0.927. The number of carbonyl (C=O) groups excluding carboxylic acids is 2. The van der Waals surface area contributed by atoms with Crippen LogP contribution in [-0.2, 0) is 14.3 Å². The minimum Gasteiger partial charge on any atom is -0.463 e. The van der Waals surface area contributed by atoms with E-state index in [0.29, 0.717) is 0 Å². The van der Waals surface area contributed by atoms with Crippen LogP contribution in [-0.4, -0.2) is 29.6 Å². The lowest BCUT2D eigenvalue weighted by Gasteiger charge is -2.07. The molecule has 1 N–H and O–H groups in total. The van der Waals surface area contributed by atoms with Gasteiger partial charge in [0.25, 0.3) is 0 Å². The summed E-state index contributed by atoms with van der Waals surface area (Å²) < 4.78 is 4.66. The Morgan fingerprint density at radius 2 is 1.48 bits per heavy atom. The van der Waals surface area contributed by atoms with Crippen LogP contribution in [0.2, 0.25) is 0 Å². The Kier molecular flexibility index (Phi) is 17.9. The smallest absolute Gasteiger partial charge is 0.302 e. The van der Waals surface area contributed by atoms with Crippen molar-refractivity contribution in [3.8, 4) is 0 Å². The Bertz CT molecular complexity index is 463. The first-order chi connectivity index (χ1) is 13.1. The molecular formula is C23H38O4. The lowest BCUT2D eigenvalue weighted by molar-refractivity contribution is -0.144. The molecule has 0 rings (SSSR count). The van der Waals surface area contributed by atoms with Gasteiger partial charge in [-0.2, -0.15) is 0 Å². The first kappa shape index (κ1) is 25.3. The van der Waals surface area contributed by atoms with Crippen molar-refractivity contribution in [3.63, 3.8) is 0 Å². The SMILES string of the molecule is CCCCCC=CCC=CCCCCCC=CC(=O)CC(O)COC(C)=O. The van der Waals surface area contributed by atoms with Crippen LogP contribution in [0.5, 0.6) is 0 Å². The number of ether oxygens (including phenoxy) is 1. The maximum absolute atomic E-state index is 11.6. The Morgan fingerprint density at radius 1 is 0.889 bits per heavy atom. The van der Waals surface area contributed by atoms with Gasteiger partial charge in [0.05, 0.1) is 6.10 Å². The average molecular weight is 379 g/mol. The number of allylic oxidation sites excluding steroid dienone is 6. The molecule has 1 atom stereocenters. The maximum atomic E-state index is 11.6. The van der Waals surface area contributed by atoms with Crippen LogP contribution in [0.15, 0.2) is 36.5 Å². The number of carbonyl (C=O) groups is 2. The quantitative estimate of drug-likeness (QED) is 0.158. The number of ketones is 1. The third-order valence-corrected chi connectivity index (χ3v) is 4.04. The summed E-state index contributed by atoms with van der Waals surface area (Å²) in [4.78, 5) is 22.3. The molecule has 0 aliphatic rings. The van der Waals surface area contributed by atoms with E-state index in [0.717, 1.165) is 32.1 Å². The van der Waals surface area contributed by atoms with E-state index in [4.69, 9.17) is 0 Å². The van der Waals surface area contributed by atoms with Crippen molar-refractivity contribution in [1.29, 1.82) is 0 Å². The van der Waals surface area contributed by atoms with Gasteiger partial charge in [0.2, 0.25) is 0 Å². The molecule has 4 heteroatoms. The van der Waals surface area contributed by atoms with E-state index in [9.17, 15) is 14.7 Å². The molecule has 0 saturated carbocycles. The molecular weight excluding hydrogens is 340 g/mol. The molecule has 154 valence electrons. The maximum Gasteiger partial charge on any atom is 0.302 e. The number of hydrogen-bond donors (Lipinski definition) is 1. The summed E-state index contributed by atoms with van der Waals surface area (Å²) >= 11 is 0. The molecule has 0 bridgehead atoms. The number of unbranched alkanes of at least 4 members (excludes halogenated alkanes) is 7. The van der Waals surface area contributed by atoms with E-state index in [1.165, 1.54) is 45.1 Å². The van der Waals surface area contributed by atoms with Crippen LogP contribution in [0.3, 0.4) is 0 Å². The molecule has 0 aromatic heterocycles. The highest BCUT2D eigenvalue weighted by molar-refractivity contribution is 5.89. The molecule has 0 aliphatic heterocycles. The van der Waals surface area contributed by atoms with E-state index in [1.807, 2.05) is 6.08 Å². The Balaban J connectivity index is 3.52. The van der Waals surface area contributed by atoms with E-state index in [-0.39, 0.29) is 18.8 Å². The number of aliphatic hydroxyl groups is 1. The predicted octanol–water partition coefficient (Wildman–Crippen LogP) is 5.46. The molecule has 27 heavy (non-hydrogen) atoms. The number of aliphatic hydroxyl groups excluding tert-OH is 1. The molecule has 0 aromatic rings. The largest absolute Gasteiger partial charge is 0.463 e. The fourth-order valence-electron chi connectivity index (χ4n) is 2.51. The fraction of sp³-hybridized carbons (Fsp3) is 0.652. The fourth-order valence-corrected chi connectivity index (χ4v) is 2.51. The van der Waals surface area contributed by atoms with Crippen molar-refractivity contribution in [1.82, 2.24) is 0 Å². The molecule has 0 heterocycles. The van der Waals surface area contributed by atoms with Crippen LogP contribution in [0.4, 0.5) is 0 Å². The highest BCUT2D eigenvalue weighted by Gasteiger charge is 2.09. The zero-order chi connectivity index (χ0) is 20.2. The average Bonchev–Trinajstić information content (AvgIpc) is 2.63. The van der Waals surface area contributed by atoms with Crippen LogP contribution in [0, 0.1) is 0 Å². The Labute approximate surface area is 165 Å². The molecule has 0 fully saturated rings. The Hall–Kier alpha value is -1.68. The van der Waals surface area contributed by atoms with Crippen LogP contribution in [0.25, 0.3) is 0 Å². The van der Waals surface area contributed by atoms with Gasteiger partial charge in [0, 0.05) is 13.3 Å². The van der Waals surface area contributed by atoms with Gasteiger partial charge in [-0.05, 0) is 51.0 Å². The van der Waals surface area contributed by atoms with Crippen molar-refractivity contribution >= 4 is 11.8 Å². The molecule has 0 amide bonds. The second-order valence-electron chi connectivity index (χ2n) is 6.84. The predicted molar refractivity (Wildman–Crippen MR) is 112 cm³/mol. The molecule has 1 unspecified atom stereocenters. The first-order valence-electron chi connectivity index (χ1n) is 10.4. The van der Waals surface area contributed by atoms with Crippen molar-refractivity contribution in [3.05, 3.63) is 36.5 Å². The molecule has 0 spiro atoms. The van der Waals surface area contributed by atoms with Gasteiger partial charge >= 0.3 is 5.97 Å². The van der Waals surface area contributed by atoms with E-state index in [2.05, 4.69) is 36.0 Å². The summed E-state index contributed by atoms with van der Waals surface area (Å²) in [5, 5.41) is 9.55. The van der Waals surface area contributed by atoms with Gasteiger partial charge in [0.15, 0.2) is 5.78 Å². The number of esters is 1. The molecule has 0 aliphatic carbocycles. The highest BCUT2D eigenvalue weighted by atomic mass is 16.5. The summed E-state index contributed by atoms with van der Waals surface area (Å²) in [5.41, 5.74) is 0. The summed E-state index contributed by atoms with van der Waals surface area (Å²) in [6.07, 6.45) is 22.9. The lowest BCUT2D eigenvalue weighted by atomic mass is 10.1. The van der Waals surface area contributed by atoms with Gasteiger partial charge in [-0.15, -0.1) is 0 Å². The van der Waals surface area contributed by atoms with E-state index < -0.39 is 12.1 Å². The standard InChI is InChI=1S/C23H38O4/c1-3-4-5-6-7-8-9-10-11-12-13-14-15-16-17-18-22(25)19-23(26)20-27-21(2)24/h7-8,10-11,17-18,23,26H,3-6,9,12-16,19-20H2,1-2H3. The Morgan fingerprint density at radius 3 is 2.07 bits per heavy atom. The summed E-state index contributed by atoms with van der Waals surface area (Å²) in [6, 6.07) is 0. The second kappa shape index (κ2) is 19.1. The zero-order valence-electron chi connectivity index (χ0n) is 17.2. The zero-order valence-corrected chi connectivity index (χ0v) is 17.2. The molecule has 4 nitrogen and oxygen atoms in total. The topological polar surface area (TPSA) is 63.6 Å². The van der Waals surface area contributed by atoms with Gasteiger partial charge in [-0.3, -0.25) is 9.59 Å².